The van der Waals surface area contributed by atoms with Gasteiger partial charge in [-0.15, -0.1) is 0 Å². The van der Waals surface area contributed by atoms with Gasteiger partial charge < -0.3 is 9.84 Å². The number of Topliss-reactive ketones (excluding diaryl/α,β-unsaturated/α-hetero) is 2. The van der Waals surface area contributed by atoms with E-state index >= 15 is 0 Å². The molecule has 2 rings (SSSR count). The van der Waals surface area contributed by atoms with Crippen LogP contribution in [0.1, 0.15) is 76.7 Å². The predicted molar refractivity (Wildman–Crippen MR) is 126 cm³/mol. The molecular weight excluding hydrogens is 442 g/mol. The molecule has 1 aliphatic rings. The number of rotatable bonds is 16. The standard InChI is InChI=1S/C27H36F2O5/c1-2-3-17-27(28,29)25(31)16-15-22-21(13-9-4-5-10-14-26(32)33)23(30)18-24(22)34-19-20-11-7-6-8-12-20/h4,6-9,11-12,21-22,24H,2-3,5,10,13-19H2,1H3,(H,32,33)/t21-,22-,24-/m1/s1. The molecule has 0 aromatic heterocycles. The Morgan fingerprint density at radius 2 is 1.88 bits per heavy atom. The summed E-state index contributed by atoms with van der Waals surface area (Å²) >= 11 is 0. The van der Waals surface area contributed by atoms with Crippen LogP contribution >= 0.6 is 0 Å². The maximum atomic E-state index is 14.2. The monoisotopic (exact) mass is 478 g/mol. The molecule has 1 aliphatic carbocycles. The van der Waals surface area contributed by atoms with Gasteiger partial charge in [0, 0.05) is 31.6 Å². The minimum atomic E-state index is -3.33. The number of aliphatic carboxylic acids is 1. The lowest BCUT2D eigenvalue weighted by atomic mass is 9.86. The number of allylic oxidation sites excluding steroid dienone is 2. The van der Waals surface area contributed by atoms with Gasteiger partial charge in [-0.25, -0.2) is 0 Å². The van der Waals surface area contributed by atoms with Crippen LogP contribution in [0.2, 0.25) is 0 Å². The van der Waals surface area contributed by atoms with E-state index in [2.05, 4.69) is 0 Å². The van der Waals surface area contributed by atoms with Gasteiger partial charge in [0.25, 0.3) is 0 Å². The van der Waals surface area contributed by atoms with Crippen LogP contribution in [0.5, 0.6) is 0 Å². The van der Waals surface area contributed by atoms with Crippen LogP contribution < -0.4 is 0 Å². The van der Waals surface area contributed by atoms with Gasteiger partial charge in [-0.05, 0) is 43.6 Å². The van der Waals surface area contributed by atoms with Crippen molar-refractivity contribution in [3.05, 3.63) is 48.0 Å². The van der Waals surface area contributed by atoms with E-state index in [-0.39, 0.29) is 37.4 Å². The van der Waals surface area contributed by atoms with E-state index in [1.165, 1.54) is 0 Å². The number of hydrogen-bond donors (Lipinski definition) is 1. The first-order valence-corrected chi connectivity index (χ1v) is 12.2. The van der Waals surface area contributed by atoms with Crippen molar-refractivity contribution in [3.63, 3.8) is 0 Å². The number of benzene rings is 1. The summed E-state index contributed by atoms with van der Waals surface area (Å²) in [5, 5.41) is 8.72. The largest absolute Gasteiger partial charge is 0.481 e. The normalized spacial score (nSPS) is 20.8. The first kappa shape index (κ1) is 27.8. The Bertz CT molecular complexity index is 822. The van der Waals surface area contributed by atoms with Crippen molar-refractivity contribution in [2.75, 3.05) is 0 Å². The molecule has 1 aromatic rings. The van der Waals surface area contributed by atoms with Crippen molar-refractivity contribution >= 4 is 17.5 Å². The van der Waals surface area contributed by atoms with E-state index in [1.54, 1.807) is 6.92 Å². The van der Waals surface area contributed by atoms with E-state index in [4.69, 9.17) is 9.84 Å². The van der Waals surface area contributed by atoms with Crippen LogP contribution in [-0.4, -0.2) is 34.7 Å². The molecule has 0 saturated heterocycles. The van der Waals surface area contributed by atoms with E-state index in [9.17, 15) is 23.2 Å². The zero-order valence-corrected chi connectivity index (χ0v) is 19.9. The van der Waals surface area contributed by atoms with Gasteiger partial charge in [-0.2, -0.15) is 8.78 Å². The van der Waals surface area contributed by atoms with Crippen molar-refractivity contribution in [1.29, 1.82) is 0 Å². The highest BCUT2D eigenvalue weighted by molar-refractivity contribution is 5.86. The molecule has 188 valence electrons. The lowest BCUT2D eigenvalue weighted by Crippen LogP contribution is -2.31. The molecule has 0 spiro atoms. The molecule has 0 aliphatic heterocycles. The fourth-order valence-electron chi connectivity index (χ4n) is 4.40. The summed E-state index contributed by atoms with van der Waals surface area (Å²) in [5.41, 5.74) is 0.956. The van der Waals surface area contributed by atoms with E-state index in [0.717, 1.165) is 5.56 Å². The quantitative estimate of drug-likeness (QED) is 0.228. The molecule has 0 amide bonds. The molecule has 0 bridgehead atoms. The number of ketones is 2. The number of halogens is 2. The maximum absolute atomic E-state index is 14.2. The Morgan fingerprint density at radius 1 is 1.15 bits per heavy atom. The fourth-order valence-corrected chi connectivity index (χ4v) is 4.40. The second-order valence-corrected chi connectivity index (χ2v) is 9.04. The van der Waals surface area contributed by atoms with Crippen molar-refractivity contribution < 1.29 is 33.0 Å². The first-order valence-electron chi connectivity index (χ1n) is 12.2. The Morgan fingerprint density at radius 3 is 2.56 bits per heavy atom. The number of ether oxygens (including phenoxy) is 1. The molecular formula is C27H36F2O5. The average molecular weight is 479 g/mol. The van der Waals surface area contributed by atoms with Crippen LogP contribution in [0.25, 0.3) is 0 Å². The second-order valence-electron chi connectivity index (χ2n) is 9.04. The van der Waals surface area contributed by atoms with Gasteiger partial charge in [0.1, 0.15) is 5.78 Å². The van der Waals surface area contributed by atoms with E-state index < -0.39 is 36.1 Å². The minimum absolute atomic E-state index is 0.0171. The molecule has 1 fully saturated rings. The molecule has 1 saturated carbocycles. The first-order chi connectivity index (χ1) is 16.2. The summed E-state index contributed by atoms with van der Waals surface area (Å²) in [6.07, 6.45) is 5.46. The highest BCUT2D eigenvalue weighted by Gasteiger charge is 2.44. The molecule has 1 N–H and O–H groups in total. The van der Waals surface area contributed by atoms with Gasteiger partial charge in [0.05, 0.1) is 12.7 Å². The Labute approximate surface area is 200 Å². The highest BCUT2D eigenvalue weighted by Crippen LogP contribution is 2.38. The van der Waals surface area contributed by atoms with Crippen LogP contribution in [0.3, 0.4) is 0 Å². The molecule has 1 aromatic carbocycles. The summed E-state index contributed by atoms with van der Waals surface area (Å²) in [6.45, 7) is 2.12. The van der Waals surface area contributed by atoms with Gasteiger partial charge in [-0.3, -0.25) is 14.4 Å². The van der Waals surface area contributed by atoms with Crippen LogP contribution in [0, 0.1) is 11.8 Å². The summed E-state index contributed by atoms with van der Waals surface area (Å²) in [5.74, 6) is -5.94. The summed E-state index contributed by atoms with van der Waals surface area (Å²) in [6, 6.07) is 9.52. The molecule has 0 radical (unpaired) electrons. The lowest BCUT2D eigenvalue weighted by Gasteiger charge is -2.24. The summed E-state index contributed by atoms with van der Waals surface area (Å²) in [7, 11) is 0. The number of carbonyl (C=O) groups excluding carboxylic acids is 2. The van der Waals surface area contributed by atoms with Crippen molar-refractivity contribution in [3.8, 4) is 0 Å². The third-order valence-electron chi connectivity index (χ3n) is 6.39. The predicted octanol–water partition coefficient (Wildman–Crippen LogP) is 6.15. The fraction of sp³-hybridized carbons (Fsp3) is 0.593. The Kier molecular flexibility index (Phi) is 11.5. The zero-order chi connectivity index (χ0) is 25.0. The van der Waals surface area contributed by atoms with E-state index in [1.807, 2.05) is 42.5 Å². The van der Waals surface area contributed by atoms with Crippen molar-refractivity contribution in [1.82, 2.24) is 0 Å². The highest BCUT2D eigenvalue weighted by atomic mass is 19.3. The van der Waals surface area contributed by atoms with Crippen LogP contribution in [0.4, 0.5) is 8.78 Å². The van der Waals surface area contributed by atoms with Gasteiger partial charge in [-0.1, -0.05) is 55.8 Å². The smallest absolute Gasteiger partial charge is 0.305 e. The number of carboxylic acids is 1. The molecule has 0 unspecified atom stereocenters. The van der Waals surface area contributed by atoms with Gasteiger partial charge in [0.2, 0.25) is 5.78 Å². The molecule has 7 heteroatoms. The SMILES string of the molecule is CCCCC(F)(F)C(=O)CC[C@H]1[C@H](OCc2ccccc2)CC(=O)[C@@H]1CC=CCCCC(=O)O. The Hall–Kier alpha value is -2.41. The summed E-state index contributed by atoms with van der Waals surface area (Å²) in [4.78, 5) is 35.6. The number of hydrogen-bond acceptors (Lipinski definition) is 4. The number of unbranched alkanes of at least 4 members (excludes halogenated alkanes) is 2. The molecule has 34 heavy (non-hydrogen) atoms. The average Bonchev–Trinajstić information content (AvgIpc) is 3.11. The summed E-state index contributed by atoms with van der Waals surface area (Å²) < 4.78 is 34.4. The van der Waals surface area contributed by atoms with Crippen LogP contribution in [0.15, 0.2) is 42.5 Å². The van der Waals surface area contributed by atoms with Crippen LogP contribution in [-0.2, 0) is 25.7 Å². The van der Waals surface area contributed by atoms with Crippen molar-refractivity contribution in [2.45, 2.75) is 89.8 Å². The topological polar surface area (TPSA) is 80.7 Å². The third kappa shape index (κ3) is 9.09. The number of carboxylic acid groups (broad SMARTS) is 1. The Balaban J connectivity index is 2.02. The lowest BCUT2D eigenvalue weighted by molar-refractivity contribution is -0.144. The van der Waals surface area contributed by atoms with Gasteiger partial charge in [0.15, 0.2) is 0 Å². The van der Waals surface area contributed by atoms with E-state index in [0.29, 0.717) is 38.7 Å². The minimum Gasteiger partial charge on any atom is -0.481 e. The number of carbonyl (C=O) groups is 3. The van der Waals surface area contributed by atoms with Gasteiger partial charge >= 0.3 is 11.9 Å². The zero-order valence-electron chi connectivity index (χ0n) is 19.9. The second kappa shape index (κ2) is 14.1. The molecule has 5 nitrogen and oxygen atoms in total. The third-order valence-corrected chi connectivity index (χ3v) is 6.39. The van der Waals surface area contributed by atoms with Crippen molar-refractivity contribution in [2.24, 2.45) is 11.8 Å². The molecule has 0 heterocycles. The number of alkyl halides is 2. The molecule has 3 atom stereocenters. The maximum Gasteiger partial charge on any atom is 0.305 e.